The number of piperazine rings is 1. The Morgan fingerprint density at radius 1 is 1.07 bits per heavy atom. The van der Waals surface area contributed by atoms with Crippen molar-refractivity contribution in [1.29, 1.82) is 0 Å². The number of rotatable bonds is 4. The molecule has 1 saturated heterocycles. The lowest BCUT2D eigenvalue weighted by Crippen LogP contribution is -2.60. The summed E-state index contributed by atoms with van der Waals surface area (Å²) in [5.41, 5.74) is -1.41. The fraction of sp³-hybridized carbons (Fsp3) is 0.281. The molecule has 4 heterocycles. The summed E-state index contributed by atoms with van der Waals surface area (Å²) < 4.78 is 50.1. The fourth-order valence-electron chi connectivity index (χ4n) is 6.21. The Morgan fingerprint density at radius 3 is 2.48 bits per heavy atom. The molecule has 12 heteroatoms. The number of hydrogen-bond donors (Lipinski definition) is 0. The highest BCUT2D eigenvalue weighted by molar-refractivity contribution is 6.14. The molecule has 44 heavy (non-hydrogen) atoms. The lowest BCUT2D eigenvalue weighted by Gasteiger charge is -2.40. The fourth-order valence-corrected chi connectivity index (χ4v) is 6.21. The van der Waals surface area contributed by atoms with E-state index in [1.807, 2.05) is 13.8 Å². The van der Waals surface area contributed by atoms with E-state index in [1.54, 1.807) is 19.2 Å². The molecule has 1 fully saturated rings. The van der Waals surface area contributed by atoms with Gasteiger partial charge in [0.2, 0.25) is 5.91 Å². The number of carbonyl (C=O) groups is 2. The van der Waals surface area contributed by atoms with Crippen molar-refractivity contribution in [3.05, 3.63) is 88.4 Å². The van der Waals surface area contributed by atoms with Crippen LogP contribution in [0.15, 0.2) is 54.0 Å². The molecule has 2 aromatic carbocycles. The first-order chi connectivity index (χ1) is 21.0. The summed E-state index contributed by atoms with van der Waals surface area (Å²) in [4.78, 5) is 53.3. The molecule has 4 aromatic rings. The Balaban J connectivity index is 1.80. The van der Waals surface area contributed by atoms with Crippen LogP contribution >= 0.6 is 0 Å². The predicted molar refractivity (Wildman–Crippen MR) is 161 cm³/mol. The Morgan fingerprint density at radius 2 is 1.80 bits per heavy atom. The van der Waals surface area contributed by atoms with Crippen LogP contribution in [0.4, 0.5) is 24.7 Å². The largest absolute Gasteiger partial charge is 0.354 e. The number of aromatic nitrogens is 3. The molecule has 1 unspecified atom stereocenters. The van der Waals surface area contributed by atoms with Crippen LogP contribution in [-0.4, -0.2) is 64.0 Å². The third kappa shape index (κ3) is 4.19. The van der Waals surface area contributed by atoms with Crippen molar-refractivity contribution >= 4 is 34.2 Å². The molecule has 2 amide bonds. The van der Waals surface area contributed by atoms with Crippen molar-refractivity contribution in [3.63, 3.8) is 0 Å². The van der Waals surface area contributed by atoms with Gasteiger partial charge in [-0.15, -0.1) is 0 Å². The molecular formula is C32H29F3N6O3. The zero-order valence-electron chi connectivity index (χ0n) is 24.6. The molecule has 0 saturated carbocycles. The van der Waals surface area contributed by atoms with Crippen molar-refractivity contribution in [3.8, 4) is 16.8 Å². The van der Waals surface area contributed by atoms with Crippen molar-refractivity contribution in [2.45, 2.75) is 32.7 Å². The number of pyridine rings is 1. The number of nitrogens with zero attached hydrogens (tertiary/aromatic N) is 6. The number of amides is 2. The summed E-state index contributed by atoms with van der Waals surface area (Å²) in [6.07, 6.45) is 2.70. The average molecular weight is 603 g/mol. The Labute approximate surface area is 250 Å². The Hall–Kier alpha value is -5.00. The maximum absolute atomic E-state index is 17.1. The van der Waals surface area contributed by atoms with Gasteiger partial charge in [0.05, 0.1) is 34.6 Å². The van der Waals surface area contributed by atoms with E-state index in [4.69, 9.17) is 0 Å². The zero-order valence-corrected chi connectivity index (χ0v) is 24.6. The first kappa shape index (κ1) is 29.1. The predicted octanol–water partition coefficient (Wildman–Crippen LogP) is 4.48. The summed E-state index contributed by atoms with van der Waals surface area (Å²) in [5, 5.41) is -0.125. The number of likely N-dealkylation sites (N-methyl/N-ethyl adjacent to an activating group) is 1. The summed E-state index contributed by atoms with van der Waals surface area (Å²) in [7, 11) is 1.33. The second kappa shape index (κ2) is 10.6. The number of aryl methyl sites for hydroxylation is 1. The van der Waals surface area contributed by atoms with E-state index < -0.39 is 46.6 Å². The molecule has 226 valence electrons. The number of halogens is 3. The maximum Gasteiger partial charge on any atom is 0.354 e. The van der Waals surface area contributed by atoms with E-state index in [0.717, 1.165) is 21.6 Å². The first-order valence-corrected chi connectivity index (χ1v) is 14.1. The van der Waals surface area contributed by atoms with Crippen LogP contribution in [0.3, 0.4) is 0 Å². The minimum atomic E-state index is -1.19. The molecule has 0 bridgehead atoms. The topological polar surface area (TPSA) is 91.6 Å². The van der Waals surface area contributed by atoms with Gasteiger partial charge in [-0.3, -0.25) is 19.1 Å². The van der Waals surface area contributed by atoms with Gasteiger partial charge in [-0.05, 0) is 36.6 Å². The number of hydrogen-bond acceptors (Lipinski definition) is 6. The van der Waals surface area contributed by atoms with Gasteiger partial charge in [0.25, 0.3) is 5.91 Å². The van der Waals surface area contributed by atoms with Gasteiger partial charge in [-0.25, -0.2) is 18.0 Å². The number of benzene rings is 2. The van der Waals surface area contributed by atoms with Crippen LogP contribution in [0.5, 0.6) is 0 Å². The molecule has 0 spiro atoms. The van der Waals surface area contributed by atoms with Gasteiger partial charge in [0.1, 0.15) is 23.2 Å². The van der Waals surface area contributed by atoms with Crippen LogP contribution in [0.2, 0.25) is 0 Å². The molecule has 0 N–H and O–H groups in total. The molecule has 2 aliphatic rings. The van der Waals surface area contributed by atoms with Crippen LogP contribution < -0.4 is 15.5 Å². The molecule has 0 aliphatic carbocycles. The lowest BCUT2D eigenvalue weighted by molar-refractivity contribution is -0.128. The van der Waals surface area contributed by atoms with Crippen molar-refractivity contribution in [2.75, 3.05) is 36.5 Å². The zero-order chi connectivity index (χ0) is 31.6. The highest BCUT2D eigenvalue weighted by Gasteiger charge is 2.43. The Kier molecular flexibility index (Phi) is 7.02. The van der Waals surface area contributed by atoms with Crippen LogP contribution in [0, 0.1) is 24.4 Å². The van der Waals surface area contributed by atoms with Gasteiger partial charge in [-0.1, -0.05) is 38.6 Å². The Bertz CT molecular complexity index is 1960. The van der Waals surface area contributed by atoms with Gasteiger partial charge in [0.15, 0.2) is 11.6 Å². The number of anilines is 2. The molecule has 2 aromatic heterocycles. The van der Waals surface area contributed by atoms with E-state index in [9.17, 15) is 14.4 Å². The molecular weight excluding hydrogens is 573 g/mol. The van der Waals surface area contributed by atoms with Gasteiger partial charge in [-0.2, -0.15) is 4.98 Å². The van der Waals surface area contributed by atoms with Crippen molar-refractivity contribution in [1.82, 2.24) is 19.4 Å². The van der Waals surface area contributed by atoms with E-state index in [2.05, 4.69) is 16.5 Å². The van der Waals surface area contributed by atoms with Gasteiger partial charge >= 0.3 is 5.69 Å². The smallest absolute Gasteiger partial charge is 0.340 e. The van der Waals surface area contributed by atoms with Crippen molar-refractivity contribution < 1.29 is 22.8 Å². The number of carbonyl (C=O) groups excluding carboxylic acids is 2. The van der Waals surface area contributed by atoms with Crippen molar-refractivity contribution in [2.24, 2.45) is 0 Å². The summed E-state index contributed by atoms with van der Waals surface area (Å²) in [6.45, 7) is 9.08. The number of fused-ring (bicyclic) bond motifs is 2. The molecule has 9 nitrogen and oxygen atoms in total. The average Bonchev–Trinajstić information content (AvgIpc) is 3.09. The first-order valence-electron chi connectivity index (χ1n) is 14.1. The minimum Gasteiger partial charge on any atom is -0.340 e. The van der Waals surface area contributed by atoms with E-state index in [1.165, 1.54) is 35.0 Å². The summed E-state index contributed by atoms with van der Waals surface area (Å²) >= 11 is 0. The van der Waals surface area contributed by atoms with Gasteiger partial charge < -0.3 is 14.7 Å². The van der Waals surface area contributed by atoms with Gasteiger partial charge in [0, 0.05) is 31.9 Å². The second-order valence-electron chi connectivity index (χ2n) is 11.2. The summed E-state index contributed by atoms with van der Waals surface area (Å²) in [5.74, 6) is -4.59. The second-order valence-corrected chi connectivity index (χ2v) is 11.2. The van der Waals surface area contributed by atoms with Crippen LogP contribution in [-0.2, 0) is 9.59 Å². The lowest BCUT2D eigenvalue weighted by atomic mass is 9.98. The molecule has 6 rings (SSSR count). The maximum atomic E-state index is 17.1. The normalized spacial score (nSPS) is 16.4. The summed E-state index contributed by atoms with van der Waals surface area (Å²) in [6, 6.07) is 5.72. The van der Waals surface area contributed by atoms with E-state index >= 15 is 13.2 Å². The third-order valence-electron chi connectivity index (χ3n) is 8.33. The van der Waals surface area contributed by atoms with E-state index in [0.29, 0.717) is 11.3 Å². The third-order valence-corrected chi connectivity index (χ3v) is 8.33. The van der Waals surface area contributed by atoms with Crippen LogP contribution in [0.25, 0.3) is 27.7 Å². The molecule has 0 radical (unpaired) electrons. The van der Waals surface area contributed by atoms with Crippen LogP contribution in [0.1, 0.15) is 31.0 Å². The monoisotopic (exact) mass is 602 g/mol. The minimum absolute atomic E-state index is 0.0519. The quantitative estimate of drug-likeness (QED) is 0.320. The highest BCUT2D eigenvalue weighted by atomic mass is 19.1. The standard InChI is InChI=1S/C32H29F3N6O3/c1-6-21(42)39-13-14-40-20(15-39)31(43)38(5)28-23-29(25(35)22(24(28)34)18-9-7-8-10-19(18)33)41(32(44)37-30(23)40)27-17(4)11-12-36-26(27)16(2)3/h6-12,16,20H,1,13-15H2,2-5H3. The van der Waals surface area contributed by atoms with E-state index in [-0.39, 0.29) is 59.2 Å². The molecule has 1 atom stereocenters. The highest BCUT2D eigenvalue weighted by Crippen LogP contribution is 2.46. The SMILES string of the molecule is C=CC(=O)N1CCN2c3nc(=O)n(-c4c(C)ccnc4C(C)C)c4c(F)c(-c5ccccc5F)c(F)c(c34)N(C)C(=O)C2C1. The molecule has 2 aliphatic heterocycles.